The molecule has 1 saturated heterocycles. The molecule has 5 rings (SSSR count). The summed E-state index contributed by atoms with van der Waals surface area (Å²) in [5.41, 5.74) is 5.37. The molecule has 0 N–H and O–H groups in total. The Morgan fingerprint density at radius 3 is 2.26 bits per heavy atom. The molecule has 3 aromatic heterocycles. The van der Waals surface area contributed by atoms with E-state index in [4.69, 9.17) is 4.74 Å². The lowest BCUT2D eigenvalue weighted by molar-refractivity contribution is 0.122. The van der Waals surface area contributed by atoms with Crippen LogP contribution in [-0.4, -0.2) is 45.9 Å². The summed E-state index contributed by atoms with van der Waals surface area (Å²) >= 11 is 0. The van der Waals surface area contributed by atoms with Crippen molar-refractivity contribution in [2.24, 2.45) is 0 Å². The molecule has 1 fully saturated rings. The van der Waals surface area contributed by atoms with Gasteiger partial charge in [0, 0.05) is 42.9 Å². The first-order valence-corrected chi connectivity index (χ1v) is 9.07. The molecule has 0 radical (unpaired) electrons. The van der Waals surface area contributed by atoms with Gasteiger partial charge in [-0.2, -0.15) is 0 Å². The Kier molecular flexibility index (Phi) is 4.03. The Labute approximate surface area is 157 Å². The van der Waals surface area contributed by atoms with Crippen molar-refractivity contribution in [3.8, 4) is 22.5 Å². The quantitative estimate of drug-likeness (QED) is 0.563. The third-order valence-corrected chi connectivity index (χ3v) is 4.92. The SMILES string of the molecule is c1cc(-c2nnc3ccc(-c4ccc(N5CCOCC5)cc4)cn23)ccn1. The van der Waals surface area contributed by atoms with Crippen LogP contribution >= 0.6 is 0 Å². The molecule has 4 aromatic rings. The van der Waals surface area contributed by atoms with Crippen LogP contribution in [0.2, 0.25) is 0 Å². The average molecular weight is 357 g/mol. The number of rotatable bonds is 3. The molecule has 0 atom stereocenters. The summed E-state index contributed by atoms with van der Waals surface area (Å²) in [5.74, 6) is 0.819. The van der Waals surface area contributed by atoms with E-state index in [1.54, 1.807) is 12.4 Å². The third kappa shape index (κ3) is 3.04. The number of benzene rings is 1. The highest BCUT2D eigenvalue weighted by Gasteiger charge is 2.12. The van der Waals surface area contributed by atoms with Crippen molar-refractivity contribution in [3.63, 3.8) is 0 Å². The molecule has 0 spiro atoms. The van der Waals surface area contributed by atoms with Crippen LogP contribution in [0.5, 0.6) is 0 Å². The number of aromatic nitrogens is 4. The van der Waals surface area contributed by atoms with E-state index in [0.29, 0.717) is 0 Å². The molecule has 1 aliphatic heterocycles. The first-order valence-electron chi connectivity index (χ1n) is 9.07. The number of pyridine rings is 2. The maximum absolute atomic E-state index is 5.43. The minimum atomic E-state index is 0.795. The highest BCUT2D eigenvalue weighted by atomic mass is 16.5. The second-order valence-electron chi connectivity index (χ2n) is 6.55. The lowest BCUT2D eigenvalue weighted by Crippen LogP contribution is -2.36. The predicted octanol–water partition coefficient (Wildman–Crippen LogP) is 3.29. The normalized spacial score (nSPS) is 14.6. The van der Waals surface area contributed by atoms with E-state index in [1.807, 2.05) is 22.6 Å². The van der Waals surface area contributed by atoms with Crippen LogP contribution in [0.3, 0.4) is 0 Å². The van der Waals surface area contributed by atoms with E-state index >= 15 is 0 Å². The van der Waals surface area contributed by atoms with E-state index in [9.17, 15) is 0 Å². The first kappa shape index (κ1) is 16.0. The van der Waals surface area contributed by atoms with Crippen LogP contribution in [0.4, 0.5) is 5.69 Å². The summed E-state index contributed by atoms with van der Waals surface area (Å²) in [5, 5.41) is 8.62. The van der Waals surface area contributed by atoms with Crippen LogP contribution in [0, 0.1) is 0 Å². The molecule has 6 heteroatoms. The Bertz CT molecular complexity index is 1050. The smallest absolute Gasteiger partial charge is 0.168 e. The largest absolute Gasteiger partial charge is 0.378 e. The highest BCUT2D eigenvalue weighted by molar-refractivity contribution is 5.69. The van der Waals surface area contributed by atoms with E-state index in [1.165, 1.54) is 11.3 Å². The fourth-order valence-corrected chi connectivity index (χ4v) is 3.45. The maximum Gasteiger partial charge on any atom is 0.168 e. The number of hydrogen-bond acceptors (Lipinski definition) is 5. The zero-order valence-electron chi connectivity index (χ0n) is 14.8. The van der Waals surface area contributed by atoms with Gasteiger partial charge in [-0.3, -0.25) is 9.38 Å². The summed E-state index contributed by atoms with van der Waals surface area (Å²) in [6.45, 7) is 3.48. The average Bonchev–Trinajstić information content (AvgIpc) is 3.18. The summed E-state index contributed by atoms with van der Waals surface area (Å²) in [7, 11) is 0. The van der Waals surface area contributed by atoms with Crippen molar-refractivity contribution in [1.82, 2.24) is 19.6 Å². The van der Waals surface area contributed by atoms with Gasteiger partial charge < -0.3 is 9.64 Å². The van der Waals surface area contributed by atoms with E-state index < -0.39 is 0 Å². The van der Waals surface area contributed by atoms with Crippen molar-refractivity contribution < 1.29 is 4.74 Å². The Hall–Kier alpha value is -3.25. The number of fused-ring (bicyclic) bond motifs is 1. The number of anilines is 1. The second-order valence-corrected chi connectivity index (χ2v) is 6.55. The Balaban J connectivity index is 1.49. The van der Waals surface area contributed by atoms with Gasteiger partial charge in [-0.15, -0.1) is 10.2 Å². The number of nitrogens with zero attached hydrogens (tertiary/aromatic N) is 5. The summed E-state index contributed by atoms with van der Waals surface area (Å²) in [4.78, 5) is 6.44. The summed E-state index contributed by atoms with van der Waals surface area (Å²) < 4.78 is 7.46. The van der Waals surface area contributed by atoms with E-state index in [0.717, 1.165) is 48.9 Å². The lowest BCUT2D eigenvalue weighted by Gasteiger charge is -2.28. The van der Waals surface area contributed by atoms with Gasteiger partial charge in [0.25, 0.3) is 0 Å². The second kappa shape index (κ2) is 6.81. The fraction of sp³-hybridized carbons (Fsp3) is 0.190. The molecule has 27 heavy (non-hydrogen) atoms. The van der Waals surface area contributed by atoms with E-state index in [-0.39, 0.29) is 0 Å². The molecule has 134 valence electrons. The number of morpholine rings is 1. The standard InChI is InChI=1S/C21H19N5O/c1-4-19(25-11-13-27-14-12-25)5-2-16(1)18-3-6-20-23-24-21(26(20)15-18)17-7-9-22-10-8-17/h1-10,15H,11-14H2. The summed E-state index contributed by atoms with van der Waals surface area (Å²) in [6, 6.07) is 16.7. The molecule has 4 heterocycles. The molecule has 6 nitrogen and oxygen atoms in total. The van der Waals surface area contributed by atoms with Crippen molar-refractivity contribution in [1.29, 1.82) is 0 Å². The minimum absolute atomic E-state index is 0.795. The molecule has 0 bridgehead atoms. The number of ether oxygens (including phenoxy) is 1. The zero-order chi connectivity index (χ0) is 18.1. The monoisotopic (exact) mass is 357 g/mol. The van der Waals surface area contributed by atoms with Crippen LogP contribution in [0.1, 0.15) is 0 Å². The lowest BCUT2D eigenvalue weighted by atomic mass is 10.1. The van der Waals surface area contributed by atoms with Gasteiger partial charge in [0.05, 0.1) is 13.2 Å². The van der Waals surface area contributed by atoms with Gasteiger partial charge in [0.15, 0.2) is 11.5 Å². The number of hydrogen-bond donors (Lipinski definition) is 0. The Morgan fingerprint density at radius 1 is 0.741 bits per heavy atom. The molecule has 1 aromatic carbocycles. The molecule has 0 saturated carbocycles. The van der Waals surface area contributed by atoms with Crippen molar-refractivity contribution in [2.45, 2.75) is 0 Å². The van der Waals surface area contributed by atoms with Gasteiger partial charge in [0.1, 0.15) is 0 Å². The van der Waals surface area contributed by atoms with Crippen LogP contribution < -0.4 is 4.90 Å². The fourth-order valence-electron chi connectivity index (χ4n) is 3.45. The highest BCUT2D eigenvalue weighted by Crippen LogP contribution is 2.26. The molecule has 0 aliphatic carbocycles. The molecular weight excluding hydrogens is 338 g/mol. The van der Waals surface area contributed by atoms with Gasteiger partial charge in [0.2, 0.25) is 0 Å². The minimum Gasteiger partial charge on any atom is -0.378 e. The van der Waals surface area contributed by atoms with Crippen molar-refractivity contribution in [3.05, 3.63) is 67.1 Å². The first-order chi connectivity index (χ1) is 13.4. The van der Waals surface area contributed by atoms with Crippen molar-refractivity contribution in [2.75, 3.05) is 31.2 Å². The third-order valence-electron chi connectivity index (χ3n) is 4.92. The molecule has 0 unspecified atom stereocenters. The zero-order valence-corrected chi connectivity index (χ0v) is 14.8. The topological polar surface area (TPSA) is 55.5 Å². The summed E-state index contributed by atoms with van der Waals surface area (Å²) in [6.07, 6.45) is 5.63. The van der Waals surface area contributed by atoms with Gasteiger partial charge in [-0.1, -0.05) is 12.1 Å². The van der Waals surface area contributed by atoms with Crippen molar-refractivity contribution >= 4 is 11.3 Å². The molecular formula is C21H19N5O. The predicted molar refractivity (Wildman–Crippen MR) is 105 cm³/mol. The van der Waals surface area contributed by atoms with Crippen LogP contribution in [0.25, 0.3) is 28.2 Å². The molecule has 0 amide bonds. The van der Waals surface area contributed by atoms with Gasteiger partial charge in [-0.05, 0) is 47.5 Å². The maximum atomic E-state index is 5.43. The molecule has 1 aliphatic rings. The van der Waals surface area contributed by atoms with Gasteiger partial charge in [-0.25, -0.2) is 0 Å². The van der Waals surface area contributed by atoms with Crippen LogP contribution in [0.15, 0.2) is 67.1 Å². The van der Waals surface area contributed by atoms with E-state index in [2.05, 4.69) is 56.6 Å². The van der Waals surface area contributed by atoms with Gasteiger partial charge >= 0.3 is 0 Å². The Morgan fingerprint density at radius 2 is 1.48 bits per heavy atom. The van der Waals surface area contributed by atoms with Crippen LogP contribution in [-0.2, 0) is 4.74 Å².